The van der Waals surface area contributed by atoms with Crippen molar-refractivity contribution in [1.82, 2.24) is 5.32 Å². The maximum absolute atomic E-state index is 5.53. The van der Waals surface area contributed by atoms with Crippen LogP contribution in [0.4, 0.5) is 0 Å². The summed E-state index contributed by atoms with van der Waals surface area (Å²) >= 11 is 0. The van der Waals surface area contributed by atoms with Gasteiger partial charge in [0.2, 0.25) is 0 Å². The van der Waals surface area contributed by atoms with Crippen molar-refractivity contribution in [3.05, 3.63) is 0 Å². The predicted molar refractivity (Wildman–Crippen MR) is 49.7 cm³/mol. The minimum atomic E-state index is -0.431. The van der Waals surface area contributed by atoms with E-state index in [9.17, 15) is 0 Å². The van der Waals surface area contributed by atoms with E-state index in [1.165, 1.54) is 0 Å². The van der Waals surface area contributed by atoms with Crippen LogP contribution in [0.3, 0.4) is 0 Å². The van der Waals surface area contributed by atoms with Gasteiger partial charge in [0.25, 0.3) is 0 Å². The topological polar surface area (TPSA) is 88.8 Å². The summed E-state index contributed by atoms with van der Waals surface area (Å²) in [4.78, 5) is 8.43. The maximum atomic E-state index is 5.53. The lowest BCUT2D eigenvalue weighted by atomic mass is 10.1. The first kappa shape index (κ1) is 8.83. The van der Waals surface area contributed by atoms with E-state index < -0.39 is 5.66 Å². The zero-order valence-electron chi connectivity index (χ0n) is 7.46. The van der Waals surface area contributed by atoms with Crippen molar-refractivity contribution < 1.29 is 0 Å². The lowest BCUT2D eigenvalue weighted by Crippen LogP contribution is -2.49. The molecular formula is C7H15N5. The van der Waals surface area contributed by atoms with Gasteiger partial charge in [-0.05, 0) is 12.8 Å². The normalized spacial score (nSPS) is 20.8. The monoisotopic (exact) mass is 169 g/mol. The minimum Gasteiger partial charge on any atom is -0.370 e. The van der Waals surface area contributed by atoms with Crippen molar-refractivity contribution in [2.24, 2.45) is 21.5 Å². The van der Waals surface area contributed by atoms with Crippen molar-refractivity contribution in [3.63, 3.8) is 0 Å². The maximum Gasteiger partial charge on any atom is 0.197 e. The third-order valence-electron chi connectivity index (χ3n) is 2.05. The van der Waals surface area contributed by atoms with Gasteiger partial charge in [0.15, 0.2) is 17.6 Å². The van der Waals surface area contributed by atoms with E-state index in [1.807, 2.05) is 13.8 Å². The molecule has 0 aromatic heterocycles. The first-order valence-corrected chi connectivity index (χ1v) is 4.09. The Labute approximate surface area is 71.9 Å². The van der Waals surface area contributed by atoms with Gasteiger partial charge >= 0.3 is 0 Å². The SMILES string of the molecule is CCC1(CC)N=C(N)NC(N)=N1. The molecule has 0 radical (unpaired) electrons. The Kier molecular flexibility index (Phi) is 2.21. The number of hydrogen-bond acceptors (Lipinski definition) is 5. The van der Waals surface area contributed by atoms with E-state index >= 15 is 0 Å². The van der Waals surface area contributed by atoms with Gasteiger partial charge in [0.05, 0.1) is 0 Å². The van der Waals surface area contributed by atoms with E-state index in [4.69, 9.17) is 11.5 Å². The highest BCUT2D eigenvalue weighted by atomic mass is 15.3. The molecule has 1 aliphatic heterocycles. The van der Waals surface area contributed by atoms with Gasteiger partial charge in [0, 0.05) is 0 Å². The van der Waals surface area contributed by atoms with E-state index in [-0.39, 0.29) is 0 Å². The van der Waals surface area contributed by atoms with Gasteiger partial charge in [-0.1, -0.05) is 13.8 Å². The number of nitrogens with zero attached hydrogens (tertiary/aromatic N) is 2. The minimum absolute atomic E-state index is 0.353. The molecule has 0 saturated carbocycles. The summed E-state index contributed by atoms with van der Waals surface area (Å²) in [6, 6.07) is 0. The molecule has 0 fully saturated rings. The Morgan fingerprint density at radius 2 is 1.58 bits per heavy atom. The number of aliphatic imine (C=N–C) groups is 2. The molecule has 0 unspecified atom stereocenters. The van der Waals surface area contributed by atoms with Crippen molar-refractivity contribution in [2.45, 2.75) is 32.4 Å². The molecule has 0 aliphatic carbocycles. The number of rotatable bonds is 2. The second-order valence-corrected chi connectivity index (χ2v) is 2.81. The van der Waals surface area contributed by atoms with Crippen LogP contribution in [-0.2, 0) is 0 Å². The molecule has 5 N–H and O–H groups in total. The molecule has 0 saturated heterocycles. The van der Waals surface area contributed by atoms with E-state index in [1.54, 1.807) is 0 Å². The second kappa shape index (κ2) is 3.00. The molecule has 0 amide bonds. The van der Waals surface area contributed by atoms with Crippen molar-refractivity contribution >= 4 is 11.9 Å². The highest BCUT2D eigenvalue weighted by Gasteiger charge is 2.27. The van der Waals surface area contributed by atoms with Crippen LogP contribution >= 0.6 is 0 Å². The molecule has 0 spiro atoms. The number of nitrogens with one attached hydrogen (secondary N) is 1. The molecular weight excluding hydrogens is 154 g/mol. The third-order valence-corrected chi connectivity index (χ3v) is 2.05. The number of nitrogens with two attached hydrogens (primary N) is 2. The van der Waals surface area contributed by atoms with Crippen molar-refractivity contribution in [2.75, 3.05) is 0 Å². The highest BCUT2D eigenvalue weighted by molar-refractivity contribution is 5.98. The highest BCUT2D eigenvalue weighted by Crippen LogP contribution is 2.23. The van der Waals surface area contributed by atoms with Crippen molar-refractivity contribution in [3.8, 4) is 0 Å². The second-order valence-electron chi connectivity index (χ2n) is 2.81. The first-order chi connectivity index (χ1) is 5.62. The first-order valence-electron chi connectivity index (χ1n) is 4.09. The van der Waals surface area contributed by atoms with Crippen LogP contribution in [0.1, 0.15) is 26.7 Å². The molecule has 1 aliphatic rings. The fourth-order valence-electron chi connectivity index (χ4n) is 1.23. The fourth-order valence-corrected chi connectivity index (χ4v) is 1.23. The summed E-state index contributed by atoms with van der Waals surface area (Å²) in [5, 5.41) is 2.66. The van der Waals surface area contributed by atoms with Gasteiger partial charge in [-0.2, -0.15) is 0 Å². The largest absolute Gasteiger partial charge is 0.370 e. The molecule has 12 heavy (non-hydrogen) atoms. The molecule has 0 aromatic carbocycles. The molecule has 5 nitrogen and oxygen atoms in total. The summed E-state index contributed by atoms with van der Waals surface area (Å²) in [5.74, 6) is 0.706. The van der Waals surface area contributed by atoms with Crippen LogP contribution in [0.15, 0.2) is 9.98 Å². The van der Waals surface area contributed by atoms with Gasteiger partial charge in [0.1, 0.15) is 0 Å². The Bertz CT molecular complexity index is 206. The van der Waals surface area contributed by atoms with E-state index in [0.29, 0.717) is 11.9 Å². The average molecular weight is 169 g/mol. The van der Waals surface area contributed by atoms with Crippen LogP contribution < -0.4 is 16.8 Å². The summed E-state index contributed by atoms with van der Waals surface area (Å²) in [6.07, 6.45) is 1.62. The predicted octanol–water partition coefficient (Wildman–Crippen LogP) is -0.265. The van der Waals surface area contributed by atoms with Gasteiger partial charge in [-0.3, -0.25) is 5.32 Å². The van der Waals surface area contributed by atoms with Crippen LogP contribution in [0.25, 0.3) is 0 Å². The van der Waals surface area contributed by atoms with E-state index in [0.717, 1.165) is 12.8 Å². The molecule has 0 bridgehead atoms. The van der Waals surface area contributed by atoms with E-state index in [2.05, 4.69) is 15.3 Å². The average Bonchev–Trinajstić information content (AvgIpc) is 2.02. The molecule has 1 heterocycles. The smallest absolute Gasteiger partial charge is 0.197 e. The Morgan fingerprint density at radius 3 is 1.92 bits per heavy atom. The van der Waals surface area contributed by atoms with Crippen LogP contribution in [0.5, 0.6) is 0 Å². The lowest BCUT2D eigenvalue weighted by molar-refractivity contribution is 0.411. The number of guanidine groups is 2. The standard InChI is InChI=1S/C7H15N5/c1-3-7(4-2)11-5(8)10-6(9)12-7/h3-4H2,1-2H3,(H5,8,9,10,11,12). The fraction of sp³-hybridized carbons (Fsp3) is 0.714. The molecule has 0 atom stereocenters. The van der Waals surface area contributed by atoms with Gasteiger partial charge in [-0.25, -0.2) is 9.98 Å². The third kappa shape index (κ3) is 1.49. The summed E-state index contributed by atoms with van der Waals surface area (Å²) in [7, 11) is 0. The molecule has 0 aromatic rings. The van der Waals surface area contributed by atoms with Crippen molar-refractivity contribution in [1.29, 1.82) is 0 Å². The van der Waals surface area contributed by atoms with Gasteiger partial charge in [-0.15, -0.1) is 0 Å². The molecule has 68 valence electrons. The summed E-state index contributed by atoms with van der Waals surface area (Å²) in [5.41, 5.74) is 10.6. The quantitative estimate of drug-likeness (QED) is 0.532. The zero-order valence-corrected chi connectivity index (χ0v) is 7.46. The summed E-state index contributed by atoms with van der Waals surface area (Å²) < 4.78 is 0. The van der Waals surface area contributed by atoms with Crippen LogP contribution in [0, 0.1) is 0 Å². The van der Waals surface area contributed by atoms with Crippen LogP contribution in [-0.4, -0.2) is 17.6 Å². The Morgan fingerprint density at radius 1 is 1.17 bits per heavy atom. The Balaban J connectivity index is 2.94. The number of hydrogen-bond donors (Lipinski definition) is 3. The Hall–Kier alpha value is -1.26. The molecule has 5 heteroatoms. The zero-order chi connectivity index (χ0) is 9.19. The molecule has 1 rings (SSSR count). The van der Waals surface area contributed by atoms with Gasteiger partial charge < -0.3 is 11.5 Å². The lowest BCUT2D eigenvalue weighted by Gasteiger charge is -2.27. The van der Waals surface area contributed by atoms with Crippen LogP contribution in [0.2, 0.25) is 0 Å². The summed E-state index contributed by atoms with van der Waals surface area (Å²) in [6.45, 7) is 4.03.